The smallest absolute Gasteiger partial charge is 0.142 e. The van der Waals surface area contributed by atoms with E-state index in [9.17, 15) is 4.79 Å². The number of hydrogen-bond acceptors (Lipinski definition) is 4. The molecule has 14 heavy (non-hydrogen) atoms. The standard InChI is InChI=1S/C10H14N2OS/c1-7(8-5-11-6-8)9(13)4-10-12-2-3-14-10/h2-3,7-8,11H,4-6H2,1H3. The van der Waals surface area contributed by atoms with Gasteiger partial charge in [-0.1, -0.05) is 6.92 Å². The zero-order chi connectivity index (χ0) is 9.97. The maximum Gasteiger partial charge on any atom is 0.142 e. The minimum Gasteiger partial charge on any atom is -0.316 e. The largest absolute Gasteiger partial charge is 0.316 e. The van der Waals surface area contributed by atoms with Gasteiger partial charge in [0.05, 0.1) is 11.4 Å². The molecule has 1 aromatic heterocycles. The maximum atomic E-state index is 11.8. The van der Waals surface area contributed by atoms with Crippen molar-refractivity contribution < 1.29 is 4.79 Å². The summed E-state index contributed by atoms with van der Waals surface area (Å²) in [5.74, 6) is 1.05. The average molecular weight is 210 g/mol. The second kappa shape index (κ2) is 4.19. The topological polar surface area (TPSA) is 42.0 Å². The fourth-order valence-corrected chi connectivity index (χ4v) is 2.20. The van der Waals surface area contributed by atoms with Gasteiger partial charge in [0.15, 0.2) is 0 Å². The number of Topliss-reactive ketones (excluding diaryl/α,β-unsaturated/α-hetero) is 1. The molecule has 1 fully saturated rings. The van der Waals surface area contributed by atoms with Crippen molar-refractivity contribution in [2.24, 2.45) is 11.8 Å². The highest BCUT2D eigenvalue weighted by Gasteiger charge is 2.28. The van der Waals surface area contributed by atoms with E-state index >= 15 is 0 Å². The quantitative estimate of drug-likeness (QED) is 0.809. The third-order valence-corrected chi connectivity index (χ3v) is 3.62. The van der Waals surface area contributed by atoms with Crippen molar-refractivity contribution >= 4 is 17.1 Å². The van der Waals surface area contributed by atoms with Crippen LogP contribution in [0.25, 0.3) is 0 Å². The molecule has 0 aromatic carbocycles. The number of aromatic nitrogens is 1. The van der Waals surface area contributed by atoms with E-state index < -0.39 is 0 Å². The highest BCUT2D eigenvalue weighted by Crippen LogP contribution is 2.19. The number of thiazole rings is 1. The second-order valence-corrected chi connectivity index (χ2v) is 4.76. The third-order valence-electron chi connectivity index (χ3n) is 2.84. The number of nitrogens with one attached hydrogen (secondary N) is 1. The highest BCUT2D eigenvalue weighted by atomic mass is 32.1. The van der Waals surface area contributed by atoms with Gasteiger partial charge in [0.1, 0.15) is 5.78 Å². The summed E-state index contributed by atoms with van der Waals surface area (Å²) < 4.78 is 0. The van der Waals surface area contributed by atoms with Crippen LogP contribution in [0.15, 0.2) is 11.6 Å². The van der Waals surface area contributed by atoms with Crippen molar-refractivity contribution in [3.05, 3.63) is 16.6 Å². The Morgan fingerprint density at radius 3 is 3.07 bits per heavy atom. The van der Waals surface area contributed by atoms with E-state index in [4.69, 9.17) is 0 Å². The van der Waals surface area contributed by atoms with Gasteiger partial charge in [-0.2, -0.15) is 0 Å². The fraction of sp³-hybridized carbons (Fsp3) is 0.600. The molecular formula is C10H14N2OS. The molecule has 3 nitrogen and oxygen atoms in total. The summed E-state index contributed by atoms with van der Waals surface area (Å²) in [6, 6.07) is 0. The Morgan fingerprint density at radius 2 is 2.57 bits per heavy atom. The Morgan fingerprint density at radius 1 is 1.79 bits per heavy atom. The highest BCUT2D eigenvalue weighted by molar-refractivity contribution is 7.09. The summed E-state index contributed by atoms with van der Waals surface area (Å²) in [4.78, 5) is 15.9. The SMILES string of the molecule is CC(C(=O)Cc1nccs1)C1CNC1. The van der Waals surface area contributed by atoms with Crippen molar-refractivity contribution in [2.75, 3.05) is 13.1 Å². The monoisotopic (exact) mass is 210 g/mol. The average Bonchev–Trinajstić information content (AvgIpc) is 2.53. The Bertz CT molecular complexity index is 306. The Balaban J connectivity index is 1.88. The van der Waals surface area contributed by atoms with Crippen LogP contribution >= 0.6 is 11.3 Å². The first-order chi connectivity index (χ1) is 6.77. The lowest BCUT2D eigenvalue weighted by Gasteiger charge is -2.31. The summed E-state index contributed by atoms with van der Waals surface area (Å²) in [6.45, 7) is 4.01. The summed E-state index contributed by atoms with van der Waals surface area (Å²) in [5.41, 5.74) is 0. The molecule has 1 saturated heterocycles. The molecule has 4 heteroatoms. The lowest BCUT2D eigenvalue weighted by Crippen LogP contribution is -2.47. The van der Waals surface area contributed by atoms with E-state index in [1.165, 1.54) is 0 Å². The van der Waals surface area contributed by atoms with Crippen molar-refractivity contribution in [2.45, 2.75) is 13.3 Å². The molecule has 2 rings (SSSR count). The van der Waals surface area contributed by atoms with Gasteiger partial charge in [-0.3, -0.25) is 4.79 Å². The molecule has 0 radical (unpaired) electrons. The van der Waals surface area contributed by atoms with Gasteiger partial charge in [0, 0.05) is 17.5 Å². The molecule has 1 aliphatic rings. The van der Waals surface area contributed by atoms with Crippen molar-refractivity contribution in [3.63, 3.8) is 0 Å². The van der Waals surface area contributed by atoms with Gasteiger partial charge in [-0.25, -0.2) is 4.98 Å². The van der Waals surface area contributed by atoms with Gasteiger partial charge in [-0.05, 0) is 19.0 Å². The molecule has 1 unspecified atom stereocenters. The number of hydrogen-bond donors (Lipinski definition) is 1. The minimum atomic E-state index is 0.181. The summed E-state index contributed by atoms with van der Waals surface area (Å²) in [7, 11) is 0. The predicted octanol–water partition coefficient (Wildman–Crippen LogP) is 1.11. The molecular weight excluding hydrogens is 196 g/mol. The van der Waals surface area contributed by atoms with Crippen LogP contribution in [0.5, 0.6) is 0 Å². The Labute approximate surface area is 87.6 Å². The van der Waals surface area contributed by atoms with E-state index in [1.807, 2.05) is 12.3 Å². The lowest BCUT2D eigenvalue weighted by molar-refractivity contribution is -0.123. The van der Waals surface area contributed by atoms with E-state index in [0.717, 1.165) is 18.1 Å². The molecule has 1 N–H and O–H groups in total. The molecule has 0 spiro atoms. The molecule has 1 aliphatic heterocycles. The molecule has 0 aliphatic carbocycles. The van der Waals surface area contributed by atoms with E-state index in [2.05, 4.69) is 10.3 Å². The van der Waals surface area contributed by atoms with Crippen molar-refractivity contribution in [1.82, 2.24) is 10.3 Å². The second-order valence-electron chi connectivity index (χ2n) is 3.78. The van der Waals surface area contributed by atoms with Crippen LogP contribution in [0.3, 0.4) is 0 Å². The first-order valence-electron chi connectivity index (χ1n) is 4.89. The zero-order valence-electron chi connectivity index (χ0n) is 8.19. The van der Waals surface area contributed by atoms with Crippen LogP contribution in [-0.2, 0) is 11.2 Å². The molecule has 2 heterocycles. The molecule has 0 bridgehead atoms. The first kappa shape index (κ1) is 9.80. The number of nitrogens with zero attached hydrogens (tertiary/aromatic N) is 1. The third kappa shape index (κ3) is 2.01. The van der Waals surface area contributed by atoms with E-state index in [-0.39, 0.29) is 5.92 Å². The molecule has 0 amide bonds. The van der Waals surface area contributed by atoms with Crippen LogP contribution in [0.2, 0.25) is 0 Å². The van der Waals surface area contributed by atoms with Gasteiger partial charge in [0.25, 0.3) is 0 Å². The van der Waals surface area contributed by atoms with Gasteiger partial charge >= 0.3 is 0 Å². The molecule has 76 valence electrons. The summed E-state index contributed by atoms with van der Waals surface area (Å²) >= 11 is 1.56. The van der Waals surface area contributed by atoms with Crippen molar-refractivity contribution in [3.8, 4) is 0 Å². The van der Waals surface area contributed by atoms with Gasteiger partial charge < -0.3 is 5.32 Å². The Kier molecular flexibility index (Phi) is 2.93. The van der Waals surface area contributed by atoms with Crippen LogP contribution < -0.4 is 5.32 Å². The molecule has 1 atom stereocenters. The zero-order valence-corrected chi connectivity index (χ0v) is 9.01. The van der Waals surface area contributed by atoms with Crippen LogP contribution in [0, 0.1) is 11.8 Å². The number of carbonyl (C=O) groups is 1. The molecule has 1 aromatic rings. The van der Waals surface area contributed by atoms with E-state index in [0.29, 0.717) is 18.1 Å². The number of rotatable bonds is 4. The van der Waals surface area contributed by atoms with Crippen molar-refractivity contribution in [1.29, 1.82) is 0 Å². The number of ketones is 1. The first-order valence-corrected chi connectivity index (χ1v) is 5.77. The van der Waals surface area contributed by atoms with Crippen LogP contribution in [-0.4, -0.2) is 23.9 Å². The predicted molar refractivity (Wildman–Crippen MR) is 56.3 cm³/mol. The maximum absolute atomic E-state index is 11.8. The lowest BCUT2D eigenvalue weighted by atomic mass is 9.85. The Hall–Kier alpha value is -0.740. The summed E-state index contributed by atoms with van der Waals surface area (Å²) in [5, 5.41) is 6.04. The van der Waals surface area contributed by atoms with Gasteiger partial charge in [-0.15, -0.1) is 11.3 Å². The number of carbonyl (C=O) groups excluding carboxylic acids is 1. The van der Waals surface area contributed by atoms with Crippen LogP contribution in [0.4, 0.5) is 0 Å². The summed E-state index contributed by atoms with van der Waals surface area (Å²) in [6.07, 6.45) is 2.26. The molecule has 0 saturated carbocycles. The minimum absolute atomic E-state index is 0.181. The normalized spacial score (nSPS) is 18.9. The fourth-order valence-electron chi connectivity index (χ4n) is 1.58. The van der Waals surface area contributed by atoms with Gasteiger partial charge in [0.2, 0.25) is 0 Å². The van der Waals surface area contributed by atoms with Crippen LogP contribution in [0.1, 0.15) is 11.9 Å². The van der Waals surface area contributed by atoms with E-state index in [1.54, 1.807) is 17.5 Å².